The Labute approximate surface area is 66.8 Å². The van der Waals surface area contributed by atoms with Crippen molar-refractivity contribution < 1.29 is 10.2 Å². The van der Waals surface area contributed by atoms with E-state index in [1.54, 1.807) is 0 Å². The molecule has 0 aromatic rings. The van der Waals surface area contributed by atoms with Gasteiger partial charge in [-0.05, 0) is 13.0 Å². The summed E-state index contributed by atoms with van der Waals surface area (Å²) in [5.41, 5.74) is 0. The van der Waals surface area contributed by atoms with E-state index in [2.05, 4.69) is 5.32 Å². The third-order valence-electron chi connectivity index (χ3n) is 1.82. The van der Waals surface area contributed by atoms with E-state index >= 15 is 0 Å². The van der Waals surface area contributed by atoms with E-state index in [9.17, 15) is 0 Å². The van der Waals surface area contributed by atoms with E-state index in [0.29, 0.717) is 6.54 Å². The molecule has 0 unspecified atom stereocenters. The zero-order chi connectivity index (χ0) is 6.69. The Hall–Kier alpha value is 0.170. The molecular weight excluding hydrogens is 154 g/mol. The summed E-state index contributed by atoms with van der Waals surface area (Å²) >= 11 is 0. The molecule has 0 amide bonds. The minimum Gasteiger partial charge on any atom is -0.396 e. The largest absolute Gasteiger partial charge is 0.396 e. The van der Waals surface area contributed by atoms with E-state index in [1.165, 1.54) is 0 Å². The molecule has 3 N–H and O–H groups in total. The number of piperidine rings is 1. The zero-order valence-electron chi connectivity index (χ0n) is 5.79. The third kappa shape index (κ3) is 2.42. The topological polar surface area (TPSA) is 52.5 Å². The normalized spacial score (nSPS) is 33.0. The van der Waals surface area contributed by atoms with Gasteiger partial charge in [-0.2, -0.15) is 0 Å². The van der Waals surface area contributed by atoms with Crippen LogP contribution in [0.3, 0.4) is 0 Å². The summed E-state index contributed by atoms with van der Waals surface area (Å²) in [7, 11) is 0. The lowest BCUT2D eigenvalue weighted by atomic mass is 9.96. The van der Waals surface area contributed by atoms with Gasteiger partial charge in [0.05, 0.1) is 6.10 Å². The summed E-state index contributed by atoms with van der Waals surface area (Å²) in [5.74, 6) is 0.103. The molecule has 0 aromatic heterocycles. The number of aliphatic hydroxyl groups excluding tert-OH is 2. The average Bonchev–Trinajstić information content (AvgIpc) is 1.89. The van der Waals surface area contributed by atoms with Crippen LogP contribution in [0.4, 0.5) is 0 Å². The molecule has 0 bridgehead atoms. The standard InChI is InChI=1S/C6H13NO2.ClH/c8-4-5-1-2-7-3-6(5)9;/h5-9H,1-4H2;1H/t5-,6+;/m1./s1. The van der Waals surface area contributed by atoms with E-state index in [-0.39, 0.29) is 31.0 Å². The summed E-state index contributed by atoms with van der Waals surface area (Å²) in [6.07, 6.45) is 0.543. The van der Waals surface area contributed by atoms with Gasteiger partial charge in [0, 0.05) is 19.1 Å². The maximum absolute atomic E-state index is 9.15. The lowest BCUT2D eigenvalue weighted by Gasteiger charge is -2.26. The van der Waals surface area contributed by atoms with Crippen LogP contribution >= 0.6 is 12.4 Å². The summed E-state index contributed by atoms with van der Waals surface area (Å²) < 4.78 is 0. The van der Waals surface area contributed by atoms with Gasteiger partial charge in [-0.15, -0.1) is 12.4 Å². The second-order valence-electron chi connectivity index (χ2n) is 2.50. The molecule has 0 aliphatic carbocycles. The first-order valence-electron chi connectivity index (χ1n) is 3.34. The van der Waals surface area contributed by atoms with Gasteiger partial charge in [0.2, 0.25) is 0 Å². The maximum Gasteiger partial charge on any atom is 0.0715 e. The van der Waals surface area contributed by atoms with Crippen LogP contribution in [0.15, 0.2) is 0 Å². The molecule has 62 valence electrons. The second kappa shape index (κ2) is 4.91. The zero-order valence-corrected chi connectivity index (χ0v) is 6.60. The quantitative estimate of drug-likeness (QED) is 0.488. The summed E-state index contributed by atoms with van der Waals surface area (Å²) in [4.78, 5) is 0. The van der Waals surface area contributed by atoms with Gasteiger partial charge in [-0.25, -0.2) is 0 Å². The van der Waals surface area contributed by atoms with Crippen LogP contribution in [0.1, 0.15) is 6.42 Å². The van der Waals surface area contributed by atoms with Crippen LogP contribution in [0.5, 0.6) is 0 Å². The van der Waals surface area contributed by atoms with Crippen molar-refractivity contribution in [1.82, 2.24) is 5.32 Å². The highest BCUT2D eigenvalue weighted by atomic mass is 35.5. The third-order valence-corrected chi connectivity index (χ3v) is 1.82. The minimum absolute atomic E-state index is 0. The maximum atomic E-state index is 9.15. The number of halogens is 1. The van der Waals surface area contributed by atoms with Crippen molar-refractivity contribution >= 4 is 12.4 Å². The highest BCUT2D eigenvalue weighted by Crippen LogP contribution is 2.10. The smallest absolute Gasteiger partial charge is 0.0715 e. The lowest BCUT2D eigenvalue weighted by molar-refractivity contribution is 0.0460. The van der Waals surface area contributed by atoms with Crippen molar-refractivity contribution in [2.75, 3.05) is 19.7 Å². The monoisotopic (exact) mass is 167 g/mol. The molecule has 10 heavy (non-hydrogen) atoms. The first-order valence-corrected chi connectivity index (χ1v) is 3.34. The Kier molecular flexibility index (Phi) is 4.99. The Morgan fingerprint density at radius 1 is 1.50 bits per heavy atom. The predicted molar refractivity (Wildman–Crippen MR) is 41.3 cm³/mol. The van der Waals surface area contributed by atoms with Gasteiger partial charge < -0.3 is 15.5 Å². The van der Waals surface area contributed by atoms with Crippen molar-refractivity contribution in [3.8, 4) is 0 Å². The fraction of sp³-hybridized carbons (Fsp3) is 1.00. The summed E-state index contributed by atoms with van der Waals surface area (Å²) in [6.45, 7) is 1.66. The molecule has 1 aliphatic rings. The van der Waals surface area contributed by atoms with Gasteiger partial charge in [-0.1, -0.05) is 0 Å². The van der Waals surface area contributed by atoms with E-state index in [1.807, 2.05) is 0 Å². The van der Waals surface area contributed by atoms with Gasteiger partial charge >= 0.3 is 0 Å². The molecule has 2 atom stereocenters. The Morgan fingerprint density at radius 2 is 2.20 bits per heavy atom. The first-order chi connectivity index (χ1) is 4.34. The van der Waals surface area contributed by atoms with Gasteiger partial charge in [0.15, 0.2) is 0 Å². The van der Waals surface area contributed by atoms with Gasteiger partial charge in [0.25, 0.3) is 0 Å². The number of nitrogens with one attached hydrogen (secondary N) is 1. The van der Waals surface area contributed by atoms with Crippen molar-refractivity contribution in [2.24, 2.45) is 5.92 Å². The van der Waals surface area contributed by atoms with Crippen LogP contribution in [-0.2, 0) is 0 Å². The van der Waals surface area contributed by atoms with Crippen LogP contribution in [-0.4, -0.2) is 36.0 Å². The molecule has 1 aliphatic heterocycles. The van der Waals surface area contributed by atoms with Crippen LogP contribution in [0.2, 0.25) is 0 Å². The molecule has 0 saturated carbocycles. The van der Waals surface area contributed by atoms with Crippen molar-refractivity contribution in [3.05, 3.63) is 0 Å². The number of aliphatic hydroxyl groups is 2. The van der Waals surface area contributed by atoms with E-state index in [0.717, 1.165) is 13.0 Å². The van der Waals surface area contributed by atoms with Crippen LogP contribution in [0.25, 0.3) is 0 Å². The first kappa shape index (κ1) is 10.2. The Balaban J connectivity index is 0.000000810. The fourth-order valence-electron chi connectivity index (χ4n) is 1.11. The lowest BCUT2D eigenvalue weighted by Crippen LogP contribution is -2.41. The van der Waals surface area contributed by atoms with Crippen molar-refractivity contribution in [1.29, 1.82) is 0 Å². The molecule has 4 heteroatoms. The number of rotatable bonds is 1. The van der Waals surface area contributed by atoms with Crippen molar-refractivity contribution in [2.45, 2.75) is 12.5 Å². The molecule has 0 spiro atoms. The average molecular weight is 168 g/mol. The molecular formula is C6H14ClNO2. The fourth-order valence-corrected chi connectivity index (χ4v) is 1.11. The van der Waals surface area contributed by atoms with Gasteiger partial charge in [-0.3, -0.25) is 0 Å². The summed E-state index contributed by atoms with van der Waals surface area (Å²) in [5, 5.41) is 20.9. The molecule has 1 heterocycles. The number of β-amino-alcohol motifs (C(OH)–C–C–N with tert-alkyl or cyclic N) is 1. The Morgan fingerprint density at radius 3 is 2.60 bits per heavy atom. The predicted octanol–water partition coefficient (Wildman–Crippen LogP) is -0.629. The summed E-state index contributed by atoms with van der Waals surface area (Å²) in [6, 6.07) is 0. The highest BCUT2D eigenvalue weighted by molar-refractivity contribution is 5.85. The van der Waals surface area contributed by atoms with E-state index < -0.39 is 0 Å². The molecule has 1 saturated heterocycles. The molecule has 1 rings (SSSR count). The van der Waals surface area contributed by atoms with E-state index in [4.69, 9.17) is 10.2 Å². The van der Waals surface area contributed by atoms with Crippen LogP contribution in [0, 0.1) is 5.92 Å². The second-order valence-corrected chi connectivity index (χ2v) is 2.50. The Bertz CT molecular complexity index is 91.8. The van der Waals surface area contributed by atoms with Gasteiger partial charge in [0.1, 0.15) is 0 Å². The van der Waals surface area contributed by atoms with Crippen LogP contribution < -0.4 is 5.32 Å². The molecule has 0 aromatic carbocycles. The SMILES string of the molecule is Cl.OC[C@H]1CCNC[C@@H]1O. The molecule has 3 nitrogen and oxygen atoms in total. The highest BCUT2D eigenvalue weighted by Gasteiger charge is 2.20. The minimum atomic E-state index is -0.344. The molecule has 0 radical (unpaired) electrons. The number of hydrogen-bond acceptors (Lipinski definition) is 3. The molecule has 1 fully saturated rings. The number of hydrogen-bond donors (Lipinski definition) is 3. The van der Waals surface area contributed by atoms with Crippen molar-refractivity contribution in [3.63, 3.8) is 0 Å².